The number of likely N-dealkylation sites (N-methyl/N-ethyl adjacent to an activating group) is 1. The molecule has 0 aliphatic rings. The maximum absolute atomic E-state index is 12.3. The van der Waals surface area contributed by atoms with Crippen molar-refractivity contribution in [2.75, 3.05) is 47.5 Å². The smallest absolute Gasteiger partial charge is 0.462 e. The normalized spacial score (nSPS) is 14.3. The molecule has 0 aromatic rings. The molecule has 10 heteroatoms. The topological polar surface area (TPSA) is 108 Å². The van der Waals surface area contributed by atoms with E-state index in [0.29, 0.717) is 17.4 Å². The van der Waals surface area contributed by atoms with Gasteiger partial charge in [-0.1, -0.05) is 78.1 Å². The largest absolute Gasteiger partial charge is 0.472 e. The molecule has 0 amide bonds. The lowest BCUT2D eigenvalue weighted by atomic mass is 10.1. The summed E-state index contributed by atoms with van der Waals surface area (Å²) in [5.74, 6) is -0.821. The number of quaternary nitrogens is 1. The van der Waals surface area contributed by atoms with Crippen LogP contribution in [0.25, 0.3) is 0 Å². The predicted octanol–water partition coefficient (Wildman–Crippen LogP) is 5.78. The van der Waals surface area contributed by atoms with Crippen LogP contribution in [-0.4, -0.2) is 74.9 Å². The first-order chi connectivity index (χ1) is 17.0. The molecule has 36 heavy (non-hydrogen) atoms. The van der Waals surface area contributed by atoms with E-state index in [-0.39, 0.29) is 32.0 Å². The number of ether oxygens (including phenoxy) is 2. The molecule has 0 aromatic carbocycles. The Morgan fingerprint density at radius 1 is 0.750 bits per heavy atom. The average molecular weight is 539 g/mol. The number of carbonyl (C=O) groups excluding carboxylic acids is 2. The van der Waals surface area contributed by atoms with E-state index >= 15 is 0 Å². The number of hydrogen-bond donors (Lipinski definition) is 1. The highest BCUT2D eigenvalue weighted by Crippen LogP contribution is 2.43. The predicted molar refractivity (Wildman–Crippen MR) is 141 cm³/mol. The summed E-state index contributed by atoms with van der Waals surface area (Å²) in [4.78, 5) is 34.4. The van der Waals surface area contributed by atoms with E-state index in [9.17, 15) is 19.0 Å². The number of esters is 2. The third kappa shape index (κ3) is 23.4. The second-order valence-corrected chi connectivity index (χ2v) is 11.9. The first kappa shape index (κ1) is 35.0. The molecule has 0 fully saturated rings. The van der Waals surface area contributed by atoms with Crippen LogP contribution >= 0.6 is 7.82 Å². The summed E-state index contributed by atoms with van der Waals surface area (Å²) < 4.78 is 33.6. The van der Waals surface area contributed by atoms with Gasteiger partial charge in [-0.25, -0.2) is 4.57 Å². The Morgan fingerprint density at radius 2 is 1.25 bits per heavy atom. The fourth-order valence-corrected chi connectivity index (χ4v) is 4.10. The Kier molecular flexibility index (Phi) is 20.4. The van der Waals surface area contributed by atoms with Crippen molar-refractivity contribution in [1.29, 1.82) is 0 Å². The highest BCUT2D eigenvalue weighted by molar-refractivity contribution is 7.47. The molecule has 214 valence electrons. The molecular formula is C26H53NO8P+. The van der Waals surface area contributed by atoms with Crippen molar-refractivity contribution in [1.82, 2.24) is 0 Å². The zero-order valence-electron chi connectivity index (χ0n) is 23.5. The van der Waals surface area contributed by atoms with Crippen molar-refractivity contribution >= 4 is 19.8 Å². The SMILES string of the molecule is CCCCCCCCC(=O)OC[C@H](COP(=O)(O)OCC[N+](C)(C)C)OC(=O)CCCCCCCC. The van der Waals surface area contributed by atoms with E-state index in [4.69, 9.17) is 18.5 Å². The minimum atomic E-state index is -4.33. The minimum Gasteiger partial charge on any atom is -0.462 e. The molecule has 0 saturated carbocycles. The fraction of sp³-hybridized carbons (Fsp3) is 0.923. The standard InChI is InChI=1S/C26H52NO8P/c1-6-8-10-12-14-16-18-25(28)32-22-24(35-26(29)19-17-15-13-11-9-7-2)23-34-36(30,31)33-21-20-27(3,4)5/h24H,6-23H2,1-5H3/p+1/t24-/m1/s1. The highest BCUT2D eigenvalue weighted by Gasteiger charge is 2.27. The summed E-state index contributed by atoms with van der Waals surface area (Å²) in [6.45, 7) is 4.24. The molecule has 0 spiro atoms. The Hall–Kier alpha value is -0.990. The molecule has 2 atom stereocenters. The second-order valence-electron chi connectivity index (χ2n) is 10.4. The van der Waals surface area contributed by atoms with E-state index < -0.39 is 26.5 Å². The van der Waals surface area contributed by atoms with Gasteiger partial charge < -0.3 is 18.9 Å². The molecule has 0 aromatic heterocycles. The van der Waals surface area contributed by atoms with E-state index in [1.807, 2.05) is 21.1 Å². The van der Waals surface area contributed by atoms with Gasteiger partial charge in [-0.15, -0.1) is 0 Å². The Balaban J connectivity index is 4.60. The zero-order chi connectivity index (χ0) is 27.3. The molecule has 0 heterocycles. The summed E-state index contributed by atoms with van der Waals surface area (Å²) in [6.07, 6.45) is 12.1. The summed E-state index contributed by atoms with van der Waals surface area (Å²) >= 11 is 0. The maximum atomic E-state index is 12.3. The Labute approximate surface area is 219 Å². The monoisotopic (exact) mass is 538 g/mol. The van der Waals surface area contributed by atoms with Crippen LogP contribution in [0.1, 0.15) is 104 Å². The molecule has 0 radical (unpaired) electrons. The van der Waals surface area contributed by atoms with Crippen molar-refractivity contribution in [2.24, 2.45) is 0 Å². The van der Waals surface area contributed by atoms with Crippen molar-refractivity contribution in [3.63, 3.8) is 0 Å². The van der Waals surface area contributed by atoms with E-state index in [1.165, 1.54) is 19.3 Å². The third-order valence-corrected chi connectivity index (χ3v) is 6.62. The number of rotatable bonds is 24. The molecule has 9 nitrogen and oxygen atoms in total. The van der Waals surface area contributed by atoms with Gasteiger partial charge in [0.2, 0.25) is 0 Å². The fourth-order valence-electron chi connectivity index (χ4n) is 3.36. The van der Waals surface area contributed by atoms with Gasteiger partial charge in [0, 0.05) is 12.8 Å². The lowest BCUT2D eigenvalue weighted by molar-refractivity contribution is -0.870. The van der Waals surface area contributed by atoms with Gasteiger partial charge in [-0.05, 0) is 12.8 Å². The quantitative estimate of drug-likeness (QED) is 0.0713. The number of phosphoric ester groups is 1. The minimum absolute atomic E-state index is 0.0347. The number of nitrogens with zero attached hydrogens (tertiary/aromatic N) is 1. The van der Waals surface area contributed by atoms with Gasteiger partial charge in [-0.2, -0.15) is 0 Å². The average Bonchev–Trinajstić information content (AvgIpc) is 2.79. The van der Waals surface area contributed by atoms with Gasteiger partial charge in [0.05, 0.1) is 27.7 Å². The van der Waals surface area contributed by atoms with Crippen LogP contribution < -0.4 is 0 Å². The van der Waals surface area contributed by atoms with Crippen LogP contribution in [0.3, 0.4) is 0 Å². The summed E-state index contributed by atoms with van der Waals surface area (Å²) in [6, 6.07) is 0. The van der Waals surface area contributed by atoms with Gasteiger partial charge in [0.15, 0.2) is 6.10 Å². The van der Waals surface area contributed by atoms with Crippen LogP contribution in [0.2, 0.25) is 0 Å². The van der Waals surface area contributed by atoms with Crippen molar-refractivity contribution < 1.29 is 42.1 Å². The van der Waals surface area contributed by atoms with Crippen LogP contribution in [-0.2, 0) is 32.7 Å². The lowest BCUT2D eigenvalue weighted by Crippen LogP contribution is -2.37. The number of unbranched alkanes of at least 4 members (excludes halogenated alkanes) is 10. The summed E-state index contributed by atoms with van der Waals surface area (Å²) in [5, 5.41) is 0. The maximum Gasteiger partial charge on any atom is 0.472 e. The molecule has 0 aliphatic carbocycles. The molecule has 1 unspecified atom stereocenters. The van der Waals surface area contributed by atoms with Crippen molar-refractivity contribution in [2.45, 2.75) is 110 Å². The van der Waals surface area contributed by atoms with Crippen LogP contribution in [0.4, 0.5) is 0 Å². The number of phosphoric acid groups is 1. The Bertz CT molecular complexity index is 624. The van der Waals surface area contributed by atoms with Gasteiger partial charge in [0.25, 0.3) is 0 Å². The van der Waals surface area contributed by atoms with Crippen molar-refractivity contribution in [3.8, 4) is 0 Å². The molecule has 1 N–H and O–H groups in total. The molecule has 0 aliphatic heterocycles. The first-order valence-corrected chi connectivity index (χ1v) is 15.3. The summed E-state index contributed by atoms with van der Waals surface area (Å²) in [7, 11) is 1.47. The van der Waals surface area contributed by atoms with Crippen LogP contribution in [0.15, 0.2) is 0 Å². The van der Waals surface area contributed by atoms with Crippen LogP contribution in [0.5, 0.6) is 0 Å². The molecule has 0 rings (SSSR count). The van der Waals surface area contributed by atoms with Gasteiger partial charge >= 0.3 is 19.8 Å². The molecule has 0 bridgehead atoms. The van der Waals surface area contributed by atoms with E-state index in [1.54, 1.807) is 0 Å². The van der Waals surface area contributed by atoms with E-state index in [2.05, 4.69) is 13.8 Å². The molecular weight excluding hydrogens is 485 g/mol. The second kappa shape index (κ2) is 21.0. The zero-order valence-corrected chi connectivity index (χ0v) is 24.4. The van der Waals surface area contributed by atoms with E-state index in [0.717, 1.165) is 51.4 Å². The number of hydrogen-bond acceptors (Lipinski definition) is 7. The number of carbonyl (C=O) groups is 2. The Morgan fingerprint density at radius 3 is 1.78 bits per heavy atom. The third-order valence-electron chi connectivity index (χ3n) is 5.64. The lowest BCUT2D eigenvalue weighted by Gasteiger charge is -2.24. The van der Waals surface area contributed by atoms with Crippen LogP contribution in [0, 0.1) is 0 Å². The van der Waals surface area contributed by atoms with Gasteiger partial charge in [0.1, 0.15) is 19.8 Å². The van der Waals surface area contributed by atoms with Crippen molar-refractivity contribution in [3.05, 3.63) is 0 Å². The molecule has 0 saturated heterocycles. The highest BCUT2D eigenvalue weighted by atomic mass is 31.2. The van der Waals surface area contributed by atoms with Gasteiger partial charge in [-0.3, -0.25) is 18.6 Å². The first-order valence-electron chi connectivity index (χ1n) is 13.8. The summed E-state index contributed by atoms with van der Waals surface area (Å²) in [5.41, 5.74) is 0.